The van der Waals surface area contributed by atoms with Crippen molar-refractivity contribution in [2.75, 3.05) is 13.1 Å². The SMILES string of the molecule is Cc1nc(CCC(=O)NCc2cc3n(n2)CCCN(CC(C)C)C3)n[nH]1. The van der Waals surface area contributed by atoms with Crippen molar-refractivity contribution >= 4 is 5.91 Å². The van der Waals surface area contributed by atoms with E-state index < -0.39 is 0 Å². The maximum Gasteiger partial charge on any atom is 0.220 e. The Labute approximate surface area is 154 Å². The van der Waals surface area contributed by atoms with Crippen LogP contribution < -0.4 is 5.32 Å². The van der Waals surface area contributed by atoms with Crippen molar-refractivity contribution in [1.82, 2.24) is 35.2 Å². The van der Waals surface area contributed by atoms with Crippen molar-refractivity contribution in [2.24, 2.45) is 5.92 Å². The molecule has 0 aromatic carbocycles. The van der Waals surface area contributed by atoms with Gasteiger partial charge in [0.1, 0.15) is 5.82 Å². The number of H-pyrrole nitrogens is 1. The number of carbonyl (C=O) groups excluding carboxylic acids is 1. The molecule has 0 unspecified atom stereocenters. The summed E-state index contributed by atoms with van der Waals surface area (Å²) < 4.78 is 2.10. The van der Waals surface area contributed by atoms with Gasteiger partial charge in [-0.2, -0.15) is 10.2 Å². The lowest BCUT2D eigenvalue weighted by Gasteiger charge is -2.21. The molecule has 0 saturated heterocycles. The third kappa shape index (κ3) is 5.14. The van der Waals surface area contributed by atoms with Gasteiger partial charge in [-0.1, -0.05) is 13.8 Å². The number of carbonyl (C=O) groups is 1. The highest BCUT2D eigenvalue weighted by Crippen LogP contribution is 2.15. The third-order valence-corrected chi connectivity index (χ3v) is 4.45. The number of aryl methyl sites for hydroxylation is 3. The number of fused-ring (bicyclic) bond motifs is 1. The molecule has 142 valence electrons. The molecule has 2 N–H and O–H groups in total. The largest absolute Gasteiger partial charge is 0.350 e. The molecule has 1 amide bonds. The van der Waals surface area contributed by atoms with Crippen molar-refractivity contribution in [3.05, 3.63) is 29.1 Å². The van der Waals surface area contributed by atoms with Crippen LogP contribution in [-0.4, -0.2) is 48.9 Å². The highest BCUT2D eigenvalue weighted by Gasteiger charge is 2.17. The molecule has 0 bridgehead atoms. The molecular weight excluding hydrogens is 330 g/mol. The van der Waals surface area contributed by atoms with E-state index in [1.54, 1.807) is 0 Å². The van der Waals surface area contributed by atoms with Crippen molar-refractivity contribution in [3.63, 3.8) is 0 Å². The van der Waals surface area contributed by atoms with Crippen LogP contribution in [0.3, 0.4) is 0 Å². The van der Waals surface area contributed by atoms with Gasteiger partial charge in [-0.05, 0) is 25.3 Å². The van der Waals surface area contributed by atoms with Crippen LogP contribution in [0.25, 0.3) is 0 Å². The van der Waals surface area contributed by atoms with E-state index in [9.17, 15) is 4.79 Å². The summed E-state index contributed by atoms with van der Waals surface area (Å²) in [6.07, 6.45) is 2.04. The second-order valence-corrected chi connectivity index (χ2v) is 7.45. The molecule has 0 saturated carbocycles. The molecule has 1 aliphatic heterocycles. The van der Waals surface area contributed by atoms with E-state index in [1.807, 2.05) is 6.92 Å². The number of hydrogen-bond acceptors (Lipinski definition) is 5. The van der Waals surface area contributed by atoms with Crippen molar-refractivity contribution < 1.29 is 4.79 Å². The molecule has 8 nitrogen and oxygen atoms in total. The number of amides is 1. The summed E-state index contributed by atoms with van der Waals surface area (Å²) in [4.78, 5) is 18.8. The number of nitrogens with zero attached hydrogens (tertiary/aromatic N) is 5. The summed E-state index contributed by atoms with van der Waals surface area (Å²) in [5, 5.41) is 14.5. The lowest BCUT2D eigenvalue weighted by molar-refractivity contribution is -0.121. The van der Waals surface area contributed by atoms with Gasteiger partial charge in [-0.3, -0.25) is 19.5 Å². The minimum Gasteiger partial charge on any atom is -0.350 e. The fourth-order valence-electron chi connectivity index (χ4n) is 3.35. The maximum atomic E-state index is 12.0. The highest BCUT2D eigenvalue weighted by molar-refractivity contribution is 5.75. The lowest BCUT2D eigenvalue weighted by Crippen LogP contribution is -2.27. The van der Waals surface area contributed by atoms with E-state index in [-0.39, 0.29) is 5.91 Å². The highest BCUT2D eigenvalue weighted by atomic mass is 16.1. The van der Waals surface area contributed by atoms with Crippen LogP contribution in [0.1, 0.15) is 49.7 Å². The molecule has 3 rings (SSSR count). The Kier molecular flexibility index (Phi) is 6.03. The van der Waals surface area contributed by atoms with Crippen LogP contribution in [0.5, 0.6) is 0 Å². The lowest BCUT2D eigenvalue weighted by atomic mass is 10.2. The third-order valence-electron chi connectivity index (χ3n) is 4.45. The molecule has 26 heavy (non-hydrogen) atoms. The summed E-state index contributed by atoms with van der Waals surface area (Å²) in [5.74, 6) is 2.11. The zero-order valence-corrected chi connectivity index (χ0v) is 16.0. The van der Waals surface area contributed by atoms with Gasteiger partial charge >= 0.3 is 0 Å². The van der Waals surface area contributed by atoms with Gasteiger partial charge in [0, 0.05) is 39.0 Å². The van der Waals surface area contributed by atoms with Crippen LogP contribution in [-0.2, 0) is 30.8 Å². The monoisotopic (exact) mass is 359 g/mol. The molecule has 2 aromatic heterocycles. The summed E-state index contributed by atoms with van der Waals surface area (Å²) in [7, 11) is 0. The first-order valence-corrected chi connectivity index (χ1v) is 9.42. The Morgan fingerprint density at radius 3 is 2.96 bits per heavy atom. The zero-order chi connectivity index (χ0) is 18.5. The van der Waals surface area contributed by atoms with Crippen LogP contribution >= 0.6 is 0 Å². The van der Waals surface area contributed by atoms with Crippen molar-refractivity contribution in [3.8, 4) is 0 Å². The Morgan fingerprint density at radius 1 is 1.38 bits per heavy atom. The predicted molar refractivity (Wildman–Crippen MR) is 98.2 cm³/mol. The van der Waals surface area contributed by atoms with Crippen LogP contribution in [0, 0.1) is 12.8 Å². The normalized spacial score (nSPS) is 15.1. The van der Waals surface area contributed by atoms with Gasteiger partial charge < -0.3 is 5.32 Å². The zero-order valence-electron chi connectivity index (χ0n) is 16.0. The van der Waals surface area contributed by atoms with Gasteiger partial charge in [0.2, 0.25) is 5.91 Å². The Morgan fingerprint density at radius 2 is 2.23 bits per heavy atom. The molecule has 0 atom stereocenters. The van der Waals surface area contributed by atoms with E-state index in [4.69, 9.17) is 0 Å². The van der Waals surface area contributed by atoms with Crippen LogP contribution in [0.15, 0.2) is 6.07 Å². The van der Waals surface area contributed by atoms with Gasteiger partial charge in [0.25, 0.3) is 0 Å². The summed E-state index contributed by atoms with van der Waals surface area (Å²) in [5.41, 5.74) is 2.16. The molecule has 0 aliphatic carbocycles. The van der Waals surface area contributed by atoms with Crippen LogP contribution in [0.2, 0.25) is 0 Å². The number of hydrogen-bond donors (Lipinski definition) is 2. The molecule has 3 heterocycles. The summed E-state index contributed by atoms with van der Waals surface area (Å²) in [6, 6.07) is 2.12. The van der Waals surface area contributed by atoms with Gasteiger partial charge in [0.05, 0.1) is 17.9 Å². The van der Waals surface area contributed by atoms with Crippen molar-refractivity contribution in [2.45, 2.75) is 59.7 Å². The Balaban J connectivity index is 1.49. The van der Waals surface area contributed by atoms with E-state index in [0.29, 0.717) is 31.1 Å². The molecule has 1 aliphatic rings. The summed E-state index contributed by atoms with van der Waals surface area (Å²) in [6.45, 7) is 10.9. The van der Waals surface area contributed by atoms with Crippen molar-refractivity contribution in [1.29, 1.82) is 0 Å². The fraction of sp³-hybridized carbons (Fsp3) is 0.667. The van der Waals surface area contributed by atoms with E-state index in [2.05, 4.69) is 55.1 Å². The van der Waals surface area contributed by atoms with Gasteiger partial charge in [-0.15, -0.1) is 0 Å². The smallest absolute Gasteiger partial charge is 0.220 e. The first kappa shape index (κ1) is 18.6. The quantitative estimate of drug-likeness (QED) is 0.780. The topological polar surface area (TPSA) is 91.7 Å². The van der Waals surface area contributed by atoms with Gasteiger partial charge in [0.15, 0.2) is 5.82 Å². The van der Waals surface area contributed by atoms with E-state index in [1.165, 1.54) is 5.69 Å². The second kappa shape index (κ2) is 8.44. The number of aromatic amines is 1. The Bertz CT molecular complexity index is 734. The minimum atomic E-state index is -0.00270. The van der Waals surface area contributed by atoms with E-state index >= 15 is 0 Å². The second-order valence-electron chi connectivity index (χ2n) is 7.45. The fourth-order valence-corrected chi connectivity index (χ4v) is 3.35. The first-order chi connectivity index (χ1) is 12.5. The average Bonchev–Trinajstić information content (AvgIpc) is 3.12. The molecule has 0 spiro atoms. The summed E-state index contributed by atoms with van der Waals surface area (Å²) >= 11 is 0. The van der Waals surface area contributed by atoms with Gasteiger partial charge in [-0.25, -0.2) is 4.98 Å². The van der Waals surface area contributed by atoms with Crippen LogP contribution in [0.4, 0.5) is 0 Å². The Hall–Kier alpha value is -2.22. The molecular formula is C18H29N7O. The molecule has 8 heteroatoms. The standard InChI is InChI=1S/C18H29N7O/c1-13(2)11-24-7-4-8-25-16(12-24)9-15(23-25)10-19-18(26)6-5-17-20-14(3)21-22-17/h9,13H,4-8,10-12H2,1-3H3,(H,19,26)(H,20,21,22). The minimum absolute atomic E-state index is 0.00270. The number of nitrogens with one attached hydrogen (secondary N) is 2. The maximum absolute atomic E-state index is 12.0. The first-order valence-electron chi connectivity index (χ1n) is 9.42. The molecule has 0 fully saturated rings. The number of rotatable bonds is 7. The predicted octanol–water partition coefficient (Wildman–Crippen LogP) is 1.42. The van der Waals surface area contributed by atoms with E-state index in [0.717, 1.165) is 44.1 Å². The molecule has 0 radical (unpaired) electrons. The molecule has 2 aromatic rings. The average molecular weight is 359 g/mol. The number of aromatic nitrogens is 5.